The molecule has 0 saturated heterocycles. The molecule has 0 aromatic rings. The van der Waals surface area contributed by atoms with Crippen LogP contribution in [0, 0.1) is 0 Å². The van der Waals surface area contributed by atoms with Crippen LogP contribution in [0.4, 0.5) is 0 Å². The van der Waals surface area contributed by atoms with Gasteiger partial charge in [0.05, 0.1) is 0 Å². The van der Waals surface area contributed by atoms with Crippen molar-refractivity contribution in [3.8, 4) is 0 Å². The third kappa shape index (κ3) is 6.06. The fourth-order valence-electron chi connectivity index (χ4n) is 0.838. The molecular formula is C7H14N2O4. The van der Waals surface area contributed by atoms with E-state index in [1.54, 1.807) is 0 Å². The number of carbonyl (C=O) groups is 2. The third-order valence-corrected chi connectivity index (χ3v) is 1.48. The van der Waals surface area contributed by atoms with E-state index in [4.69, 9.17) is 15.9 Å². The summed E-state index contributed by atoms with van der Waals surface area (Å²) in [4.78, 5) is 20.7. The summed E-state index contributed by atoms with van der Waals surface area (Å²) >= 11 is 0. The van der Waals surface area contributed by atoms with Crippen molar-refractivity contribution in [3.63, 3.8) is 0 Å². The fourth-order valence-corrected chi connectivity index (χ4v) is 0.838. The molecule has 76 valence electrons. The Morgan fingerprint density at radius 3 is 2.38 bits per heavy atom. The Morgan fingerprint density at radius 1 is 1.38 bits per heavy atom. The van der Waals surface area contributed by atoms with Crippen LogP contribution in [0.1, 0.15) is 12.8 Å². The molecular weight excluding hydrogens is 176 g/mol. The second-order valence-electron chi connectivity index (χ2n) is 2.57. The summed E-state index contributed by atoms with van der Waals surface area (Å²) in [7, 11) is 0. The zero-order valence-corrected chi connectivity index (χ0v) is 7.19. The lowest BCUT2D eigenvalue weighted by Gasteiger charge is -2.11. The Bertz CT molecular complexity index is 183. The minimum atomic E-state index is -1.05. The van der Waals surface area contributed by atoms with Gasteiger partial charge in [-0.05, 0) is 6.42 Å². The van der Waals surface area contributed by atoms with Crippen LogP contribution in [-0.2, 0) is 9.59 Å². The number of hydrogen-bond acceptors (Lipinski definition) is 4. The second-order valence-corrected chi connectivity index (χ2v) is 2.57. The SMILES string of the molecule is NCCN[C@H](CCC(=O)O)C(=O)O. The van der Waals surface area contributed by atoms with Crippen molar-refractivity contribution < 1.29 is 19.8 Å². The number of nitrogens with one attached hydrogen (secondary N) is 1. The lowest BCUT2D eigenvalue weighted by molar-refractivity contribution is -0.140. The van der Waals surface area contributed by atoms with Gasteiger partial charge in [-0.2, -0.15) is 0 Å². The monoisotopic (exact) mass is 190 g/mol. The summed E-state index contributed by atoms with van der Waals surface area (Å²) in [5.74, 6) is -2.05. The Morgan fingerprint density at radius 2 is 2.00 bits per heavy atom. The zero-order chi connectivity index (χ0) is 10.3. The molecule has 0 aliphatic rings. The third-order valence-electron chi connectivity index (χ3n) is 1.48. The van der Waals surface area contributed by atoms with Crippen LogP contribution in [0.15, 0.2) is 0 Å². The molecule has 0 rings (SSSR count). The number of nitrogens with two attached hydrogens (primary N) is 1. The van der Waals surface area contributed by atoms with Gasteiger partial charge in [-0.3, -0.25) is 9.59 Å². The molecule has 6 nitrogen and oxygen atoms in total. The van der Waals surface area contributed by atoms with Crippen molar-refractivity contribution in [2.45, 2.75) is 18.9 Å². The number of carboxylic acids is 2. The standard InChI is InChI=1S/C7H14N2O4/c8-3-4-9-5(7(12)13)1-2-6(10)11/h5,9H,1-4,8H2,(H,10,11)(H,12,13)/t5-/m1/s1. The van der Waals surface area contributed by atoms with Crippen LogP contribution in [0.2, 0.25) is 0 Å². The minimum Gasteiger partial charge on any atom is -0.481 e. The predicted octanol–water partition coefficient (Wildman–Crippen LogP) is -1.15. The highest BCUT2D eigenvalue weighted by Gasteiger charge is 2.16. The quantitative estimate of drug-likeness (QED) is 0.403. The minimum absolute atomic E-state index is 0.0741. The van der Waals surface area contributed by atoms with Crippen molar-refractivity contribution in [3.05, 3.63) is 0 Å². The molecule has 13 heavy (non-hydrogen) atoms. The summed E-state index contributed by atoms with van der Waals surface area (Å²) in [6, 6.07) is -0.820. The highest BCUT2D eigenvalue weighted by Crippen LogP contribution is 1.97. The molecule has 0 aromatic carbocycles. The highest BCUT2D eigenvalue weighted by molar-refractivity contribution is 5.75. The highest BCUT2D eigenvalue weighted by atomic mass is 16.4. The molecule has 0 aliphatic heterocycles. The first kappa shape index (κ1) is 11.9. The Balaban J connectivity index is 3.80. The van der Waals surface area contributed by atoms with Crippen LogP contribution in [0.25, 0.3) is 0 Å². The molecule has 0 aromatic heterocycles. The van der Waals surface area contributed by atoms with Crippen LogP contribution >= 0.6 is 0 Å². The van der Waals surface area contributed by atoms with Gasteiger partial charge in [-0.1, -0.05) is 0 Å². The average molecular weight is 190 g/mol. The first-order valence-electron chi connectivity index (χ1n) is 3.96. The number of hydrogen-bond donors (Lipinski definition) is 4. The average Bonchev–Trinajstić information content (AvgIpc) is 2.03. The van der Waals surface area contributed by atoms with Crippen LogP contribution < -0.4 is 11.1 Å². The van der Waals surface area contributed by atoms with E-state index in [1.165, 1.54) is 0 Å². The van der Waals surface area contributed by atoms with Crippen LogP contribution in [0.3, 0.4) is 0 Å². The van der Waals surface area contributed by atoms with E-state index in [-0.39, 0.29) is 12.8 Å². The maximum atomic E-state index is 10.5. The summed E-state index contributed by atoms with van der Waals surface area (Å²) in [6.07, 6.45) is -0.0841. The van der Waals surface area contributed by atoms with E-state index in [2.05, 4.69) is 5.32 Å². The van der Waals surface area contributed by atoms with Crippen LogP contribution in [-0.4, -0.2) is 41.3 Å². The summed E-state index contributed by atoms with van der Waals surface area (Å²) in [6.45, 7) is 0.702. The van der Waals surface area contributed by atoms with E-state index in [0.29, 0.717) is 13.1 Å². The second kappa shape index (κ2) is 6.38. The zero-order valence-electron chi connectivity index (χ0n) is 7.19. The molecule has 6 heteroatoms. The van der Waals surface area contributed by atoms with Gasteiger partial charge in [0.2, 0.25) is 0 Å². The maximum Gasteiger partial charge on any atom is 0.320 e. The van der Waals surface area contributed by atoms with Crippen molar-refractivity contribution in [2.24, 2.45) is 5.73 Å². The van der Waals surface area contributed by atoms with E-state index >= 15 is 0 Å². The smallest absolute Gasteiger partial charge is 0.320 e. The molecule has 0 fully saturated rings. The van der Waals surface area contributed by atoms with Gasteiger partial charge in [-0.25, -0.2) is 0 Å². The summed E-state index contributed by atoms with van der Waals surface area (Å²) in [5.41, 5.74) is 5.16. The predicted molar refractivity (Wildman–Crippen MR) is 45.4 cm³/mol. The van der Waals surface area contributed by atoms with Crippen molar-refractivity contribution in [2.75, 3.05) is 13.1 Å². The largest absolute Gasteiger partial charge is 0.481 e. The van der Waals surface area contributed by atoms with E-state index in [0.717, 1.165) is 0 Å². The fraction of sp³-hybridized carbons (Fsp3) is 0.714. The van der Waals surface area contributed by atoms with Crippen molar-refractivity contribution >= 4 is 11.9 Å². The molecule has 0 saturated carbocycles. The molecule has 5 N–H and O–H groups in total. The van der Waals surface area contributed by atoms with E-state index < -0.39 is 18.0 Å². The van der Waals surface area contributed by atoms with Gasteiger partial charge in [0.25, 0.3) is 0 Å². The van der Waals surface area contributed by atoms with E-state index in [1.807, 2.05) is 0 Å². The Labute approximate surface area is 75.7 Å². The number of carboxylic acid groups (broad SMARTS) is 2. The summed E-state index contributed by atoms with van der Waals surface area (Å²) < 4.78 is 0. The molecule has 0 radical (unpaired) electrons. The van der Waals surface area contributed by atoms with Gasteiger partial charge in [0.15, 0.2) is 0 Å². The Kier molecular flexibility index (Phi) is 5.82. The first-order chi connectivity index (χ1) is 6.07. The molecule has 0 bridgehead atoms. The number of rotatable bonds is 7. The van der Waals surface area contributed by atoms with Crippen molar-refractivity contribution in [1.29, 1.82) is 0 Å². The Hall–Kier alpha value is -1.14. The van der Waals surface area contributed by atoms with Gasteiger partial charge in [0.1, 0.15) is 6.04 Å². The maximum absolute atomic E-state index is 10.5. The summed E-state index contributed by atoms with van der Waals surface area (Å²) in [5, 5.41) is 19.6. The van der Waals surface area contributed by atoms with E-state index in [9.17, 15) is 9.59 Å². The van der Waals surface area contributed by atoms with Gasteiger partial charge in [-0.15, -0.1) is 0 Å². The molecule has 0 heterocycles. The lowest BCUT2D eigenvalue weighted by Crippen LogP contribution is -2.39. The van der Waals surface area contributed by atoms with Gasteiger partial charge < -0.3 is 21.3 Å². The lowest BCUT2D eigenvalue weighted by atomic mass is 10.1. The topological polar surface area (TPSA) is 113 Å². The first-order valence-corrected chi connectivity index (χ1v) is 3.96. The molecule has 0 unspecified atom stereocenters. The van der Waals surface area contributed by atoms with Crippen molar-refractivity contribution in [1.82, 2.24) is 5.32 Å². The normalized spacial score (nSPS) is 12.4. The molecule has 1 atom stereocenters. The molecule has 0 spiro atoms. The number of aliphatic carboxylic acids is 2. The molecule has 0 amide bonds. The van der Waals surface area contributed by atoms with Crippen LogP contribution in [0.5, 0.6) is 0 Å². The van der Waals surface area contributed by atoms with Gasteiger partial charge in [0, 0.05) is 19.5 Å². The molecule has 0 aliphatic carbocycles. The van der Waals surface area contributed by atoms with Gasteiger partial charge >= 0.3 is 11.9 Å².